The molecule has 17 heavy (non-hydrogen) atoms. The van der Waals surface area contributed by atoms with Gasteiger partial charge in [0.05, 0.1) is 5.52 Å². The number of hydrogen-bond acceptors (Lipinski definition) is 3. The highest BCUT2D eigenvalue weighted by molar-refractivity contribution is 5.81. The fourth-order valence-corrected chi connectivity index (χ4v) is 1.68. The van der Waals surface area contributed by atoms with Crippen LogP contribution in [0.2, 0.25) is 0 Å². The quantitative estimate of drug-likeness (QED) is 0.859. The molecule has 1 N–H and O–H groups in total. The Labute approximate surface area is 99.1 Å². The second-order valence-corrected chi connectivity index (χ2v) is 4.79. The van der Waals surface area contributed by atoms with Gasteiger partial charge in [-0.1, -0.05) is 5.21 Å². The molecule has 2 aromatic rings. The van der Waals surface area contributed by atoms with Crippen LogP contribution in [0.4, 0.5) is 0 Å². The summed E-state index contributed by atoms with van der Waals surface area (Å²) in [4.78, 5) is 11.2. The first kappa shape index (κ1) is 11.6. The molecular weight excluding hydrogens is 218 g/mol. The highest BCUT2D eigenvalue weighted by atomic mass is 16.4. The van der Waals surface area contributed by atoms with Gasteiger partial charge >= 0.3 is 5.97 Å². The number of benzene rings is 1. The lowest BCUT2D eigenvalue weighted by atomic mass is 10.0. The lowest BCUT2D eigenvalue weighted by Crippen LogP contribution is -2.36. The summed E-state index contributed by atoms with van der Waals surface area (Å²) in [5.41, 5.74) is 2.60. The zero-order valence-corrected chi connectivity index (χ0v) is 10.4. The first-order chi connectivity index (χ1) is 7.84. The number of aromatic nitrogens is 3. The minimum atomic E-state index is -1.10. The minimum absolute atomic E-state index is 0.724. The van der Waals surface area contributed by atoms with Crippen LogP contribution in [0.5, 0.6) is 0 Å². The van der Waals surface area contributed by atoms with E-state index in [1.807, 2.05) is 26.0 Å². The molecule has 0 saturated heterocycles. The van der Waals surface area contributed by atoms with Crippen LogP contribution in [-0.4, -0.2) is 26.1 Å². The molecule has 0 atom stereocenters. The Morgan fingerprint density at radius 2 is 1.88 bits per heavy atom. The fourth-order valence-electron chi connectivity index (χ4n) is 1.68. The first-order valence-electron chi connectivity index (χ1n) is 5.40. The van der Waals surface area contributed by atoms with Crippen molar-refractivity contribution in [3.05, 3.63) is 23.3 Å². The third-order valence-electron chi connectivity index (χ3n) is 3.11. The van der Waals surface area contributed by atoms with Gasteiger partial charge in [0.15, 0.2) is 5.54 Å². The summed E-state index contributed by atoms with van der Waals surface area (Å²) in [6.07, 6.45) is 0. The molecule has 2 rings (SSSR count). The van der Waals surface area contributed by atoms with Crippen molar-refractivity contribution in [2.24, 2.45) is 0 Å². The van der Waals surface area contributed by atoms with Crippen LogP contribution in [0.15, 0.2) is 12.1 Å². The van der Waals surface area contributed by atoms with Crippen molar-refractivity contribution in [3.63, 3.8) is 0 Å². The number of carboxylic acids is 1. The predicted molar refractivity (Wildman–Crippen MR) is 64.0 cm³/mol. The van der Waals surface area contributed by atoms with Gasteiger partial charge in [-0.3, -0.25) is 0 Å². The van der Waals surface area contributed by atoms with Crippen molar-refractivity contribution >= 4 is 17.0 Å². The van der Waals surface area contributed by atoms with Crippen LogP contribution in [-0.2, 0) is 10.3 Å². The van der Waals surface area contributed by atoms with Crippen LogP contribution in [0.3, 0.4) is 0 Å². The number of aryl methyl sites for hydroxylation is 2. The molecule has 0 fully saturated rings. The van der Waals surface area contributed by atoms with Gasteiger partial charge in [-0.15, -0.1) is 5.10 Å². The van der Waals surface area contributed by atoms with Gasteiger partial charge in [0.25, 0.3) is 0 Å². The third-order valence-corrected chi connectivity index (χ3v) is 3.11. The van der Waals surface area contributed by atoms with Crippen molar-refractivity contribution in [1.82, 2.24) is 15.0 Å². The van der Waals surface area contributed by atoms with Crippen molar-refractivity contribution in [2.45, 2.75) is 33.2 Å². The topological polar surface area (TPSA) is 68.0 Å². The van der Waals surface area contributed by atoms with E-state index in [0.717, 1.165) is 22.2 Å². The maximum absolute atomic E-state index is 11.2. The van der Waals surface area contributed by atoms with Crippen LogP contribution in [0.25, 0.3) is 11.0 Å². The number of carbonyl (C=O) groups is 1. The highest BCUT2D eigenvalue weighted by Gasteiger charge is 2.32. The molecule has 0 radical (unpaired) electrons. The van der Waals surface area contributed by atoms with Crippen LogP contribution < -0.4 is 0 Å². The van der Waals surface area contributed by atoms with Crippen molar-refractivity contribution in [3.8, 4) is 0 Å². The average molecular weight is 233 g/mol. The number of rotatable bonds is 2. The van der Waals surface area contributed by atoms with E-state index in [2.05, 4.69) is 10.3 Å². The van der Waals surface area contributed by atoms with Crippen LogP contribution in [0.1, 0.15) is 25.0 Å². The van der Waals surface area contributed by atoms with Gasteiger partial charge in [-0.25, -0.2) is 9.48 Å². The van der Waals surface area contributed by atoms with Crippen molar-refractivity contribution < 1.29 is 9.90 Å². The molecule has 5 heteroatoms. The molecule has 0 spiro atoms. The Morgan fingerprint density at radius 1 is 1.29 bits per heavy atom. The minimum Gasteiger partial charge on any atom is -0.479 e. The maximum Gasteiger partial charge on any atom is 0.331 e. The third kappa shape index (κ3) is 1.67. The molecule has 5 nitrogen and oxygen atoms in total. The molecule has 1 heterocycles. The Hall–Kier alpha value is -1.91. The van der Waals surface area contributed by atoms with E-state index in [-0.39, 0.29) is 0 Å². The largest absolute Gasteiger partial charge is 0.479 e. The number of nitrogens with zero attached hydrogens (tertiary/aromatic N) is 3. The van der Waals surface area contributed by atoms with Gasteiger partial charge in [-0.2, -0.15) is 0 Å². The Morgan fingerprint density at radius 3 is 2.47 bits per heavy atom. The lowest BCUT2D eigenvalue weighted by Gasteiger charge is -2.20. The first-order valence-corrected chi connectivity index (χ1v) is 5.40. The van der Waals surface area contributed by atoms with Gasteiger partial charge in [0.2, 0.25) is 0 Å². The van der Waals surface area contributed by atoms with Crippen LogP contribution in [0, 0.1) is 13.8 Å². The molecule has 0 aliphatic heterocycles. The van der Waals surface area contributed by atoms with Gasteiger partial charge in [-0.05, 0) is 51.0 Å². The molecule has 0 bridgehead atoms. The van der Waals surface area contributed by atoms with Gasteiger partial charge < -0.3 is 5.11 Å². The van der Waals surface area contributed by atoms with Crippen LogP contribution >= 0.6 is 0 Å². The lowest BCUT2D eigenvalue weighted by molar-refractivity contribution is -0.146. The van der Waals surface area contributed by atoms with E-state index < -0.39 is 11.5 Å². The summed E-state index contributed by atoms with van der Waals surface area (Å²) >= 11 is 0. The SMILES string of the molecule is Cc1cc2nnn(C(C)(C)C(=O)O)c2cc1C. The number of fused-ring (bicyclic) bond motifs is 1. The summed E-state index contributed by atoms with van der Waals surface area (Å²) < 4.78 is 1.46. The molecule has 0 saturated carbocycles. The Bertz CT molecular complexity index is 599. The smallest absolute Gasteiger partial charge is 0.331 e. The van der Waals surface area contributed by atoms with E-state index in [1.165, 1.54) is 4.68 Å². The van der Waals surface area contributed by atoms with E-state index in [9.17, 15) is 9.90 Å². The molecule has 0 unspecified atom stereocenters. The standard InChI is InChI=1S/C12H15N3O2/c1-7-5-9-10(6-8(7)2)15(14-13-9)12(3,4)11(16)17/h5-6H,1-4H3,(H,16,17). The second kappa shape index (κ2) is 3.55. The molecular formula is C12H15N3O2. The monoisotopic (exact) mass is 233 g/mol. The molecule has 0 aliphatic rings. The fraction of sp³-hybridized carbons (Fsp3) is 0.417. The maximum atomic E-state index is 11.2. The second-order valence-electron chi connectivity index (χ2n) is 4.79. The Balaban J connectivity index is 2.73. The average Bonchev–Trinajstić information content (AvgIpc) is 2.62. The van der Waals surface area contributed by atoms with E-state index in [0.29, 0.717) is 0 Å². The number of aliphatic carboxylic acids is 1. The molecule has 1 aromatic heterocycles. The zero-order chi connectivity index (χ0) is 12.8. The summed E-state index contributed by atoms with van der Waals surface area (Å²) in [6, 6.07) is 3.85. The summed E-state index contributed by atoms with van der Waals surface area (Å²) in [5, 5.41) is 17.2. The van der Waals surface area contributed by atoms with Crippen molar-refractivity contribution in [1.29, 1.82) is 0 Å². The normalized spacial score (nSPS) is 12.0. The summed E-state index contributed by atoms with van der Waals surface area (Å²) in [5.74, 6) is -0.928. The number of hydrogen-bond donors (Lipinski definition) is 1. The molecule has 90 valence electrons. The van der Waals surface area contributed by atoms with E-state index in [1.54, 1.807) is 13.8 Å². The van der Waals surface area contributed by atoms with E-state index in [4.69, 9.17) is 0 Å². The molecule has 1 aromatic carbocycles. The predicted octanol–water partition coefficient (Wildman–Crippen LogP) is 1.87. The van der Waals surface area contributed by atoms with Gasteiger partial charge in [0.1, 0.15) is 5.52 Å². The van der Waals surface area contributed by atoms with E-state index >= 15 is 0 Å². The number of carboxylic acid groups (broad SMARTS) is 1. The molecule has 0 aliphatic carbocycles. The summed E-state index contributed by atoms with van der Waals surface area (Å²) in [7, 11) is 0. The Kier molecular flexibility index (Phi) is 2.41. The summed E-state index contributed by atoms with van der Waals surface area (Å²) in [6.45, 7) is 7.20. The van der Waals surface area contributed by atoms with Gasteiger partial charge in [0, 0.05) is 0 Å². The zero-order valence-electron chi connectivity index (χ0n) is 10.4. The highest BCUT2D eigenvalue weighted by Crippen LogP contribution is 2.23. The molecule has 0 amide bonds. The van der Waals surface area contributed by atoms with Crippen molar-refractivity contribution in [2.75, 3.05) is 0 Å².